The largest absolute Gasteiger partial charge is 0.481 e. The maximum atomic E-state index is 11.4. The van der Waals surface area contributed by atoms with E-state index < -0.39 is 73.4 Å². The van der Waals surface area contributed by atoms with Crippen molar-refractivity contribution >= 4 is 35.6 Å². The van der Waals surface area contributed by atoms with Crippen LogP contribution in [0.4, 0.5) is 0 Å². The number of aliphatic imine (C=N–C) groups is 1. The molecule has 0 aliphatic rings. The third-order valence-corrected chi connectivity index (χ3v) is 3.48. The van der Waals surface area contributed by atoms with E-state index in [1.807, 2.05) is 0 Å². The molecule has 7 N–H and O–H groups in total. The minimum atomic E-state index is -2.19. The van der Waals surface area contributed by atoms with Gasteiger partial charge >= 0.3 is 29.8 Å². The first kappa shape index (κ1) is 23.9. The molecule has 0 amide bonds. The van der Waals surface area contributed by atoms with Crippen LogP contribution in [0.15, 0.2) is 4.99 Å². The minimum Gasteiger partial charge on any atom is -0.481 e. The van der Waals surface area contributed by atoms with Crippen molar-refractivity contribution in [2.45, 2.75) is 24.8 Å². The molecule has 27 heavy (non-hydrogen) atoms. The Morgan fingerprint density at radius 2 is 1.33 bits per heavy atom. The Hall–Kier alpha value is -3.06. The predicted molar refractivity (Wildman–Crippen MR) is 87.7 cm³/mol. The van der Waals surface area contributed by atoms with Gasteiger partial charge in [-0.25, -0.2) is 0 Å². The summed E-state index contributed by atoms with van der Waals surface area (Å²) >= 11 is 0. The fraction of sp³-hybridized carbons (Fsp3) is 0.571. The van der Waals surface area contributed by atoms with E-state index in [1.165, 1.54) is 0 Å². The molecule has 0 unspecified atom stereocenters. The summed E-state index contributed by atoms with van der Waals surface area (Å²) in [6.45, 7) is -2.30. The topological polar surface area (TPSA) is 228 Å². The van der Waals surface area contributed by atoms with Crippen LogP contribution in [0.3, 0.4) is 0 Å². The van der Waals surface area contributed by atoms with Crippen molar-refractivity contribution in [3.63, 3.8) is 0 Å². The van der Waals surface area contributed by atoms with Crippen molar-refractivity contribution in [3.05, 3.63) is 0 Å². The van der Waals surface area contributed by atoms with Gasteiger partial charge in [0.05, 0.1) is 31.3 Å². The van der Waals surface area contributed by atoms with Crippen molar-refractivity contribution in [2.24, 2.45) is 10.7 Å². The number of nitrogens with zero attached hydrogens (tertiary/aromatic N) is 2. The highest BCUT2D eigenvalue weighted by Crippen LogP contribution is 2.29. The van der Waals surface area contributed by atoms with Gasteiger partial charge in [-0.3, -0.25) is 33.9 Å². The molecule has 13 nitrogen and oxygen atoms in total. The van der Waals surface area contributed by atoms with Crippen LogP contribution < -0.4 is 5.73 Å². The van der Waals surface area contributed by atoms with Crippen molar-refractivity contribution in [1.29, 1.82) is 0 Å². The summed E-state index contributed by atoms with van der Waals surface area (Å²) in [5.41, 5.74) is 2.64. The lowest BCUT2D eigenvalue weighted by atomic mass is 9.81. The fourth-order valence-electron chi connectivity index (χ4n) is 2.61. The van der Waals surface area contributed by atoms with Gasteiger partial charge in [-0.1, -0.05) is 0 Å². The maximum Gasteiger partial charge on any atom is 0.325 e. The highest BCUT2D eigenvalue weighted by atomic mass is 16.4. The molecule has 152 valence electrons. The van der Waals surface area contributed by atoms with Crippen molar-refractivity contribution < 1.29 is 49.5 Å². The Kier molecular flexibility index (Phi) is 9.60. The number of carbonyl (C=O) groups is 5. The van der Waals surface area contributed by atoms with Gasteiger partial charge in [0.1, 0.15) is 6.54 Å². The van der Waals surface area contributed by atoms with E-state index in [2.05, 4.69) is 4.99 Å². The number of nitrogens with two attached hydrogens (primary N) is 1. The van der Waals surface area contributed by atoms with Crippen LogP contribution in [-0.2, 0) is 24.0 Å². The van der Waals surface area contributed by atoms with Crippen molar-refractivity contribution in [1.82, 2.24) is 4.90 Å². The van der Waals surface area contributed by atoms with Crippen LogP contribution in [0.2, 0.25) is 0 Å². The van der Waals surface area contributed by atoms with Crippen LogP contribution in [0.1, 0.15) is 19.3 Å². The predicted octanol–water partition coefficient (Wildman–Crippen LogP) is -1.98. The van der Waals surface area contributed by atoms with Crippen molar-refractivity contribution in [3.8, 4) is 0 Å². The number of carboxylic acids is 5. The molecular weight excluding hydrogens is 370 g/mol. The lowest BCUT2D eigenvalue weighted by Crippen LogP contribution is -2.60. The molecule has 0 aromatic rings. The van der Waals surface area contributed by atoms with Gasteiger partial charge in [-0.05, 0) is 0 Å². The van der Waals surface area contributed by atoms with Crippen LogP contribution in [0.5, 0.6) is 0 Å². The molecule has 0 saturated carbocycles. The number of aliphatic carboxylic acids is 5. The summed E-state index contributed by atoms with van der Waals surface area (Å²) in [6, 6.07) is 0. The number of carboxylic acid groups (broad SMARTS) is 5. The standard InChI is InChI=1S/C14H21N3O10/c15-1-2-17(7-13(26)27)14(4-10(20)21,5-11(22)23)8(3-9(18)19)16-6-12(24)25/h1-7,15H2,(H,18,19)(H,20,21)(H,22,23)(H,24,25)(H,26,27). The second-order valence-electron chi connectivity index (χ2n) is 5.50. The number of hydrogen-bond donors (Lipinski definition) is 6. The highest BCUT2D eigenvalue weighted by Gasteiger charge is 2.46. The molecule has 0 radical (unpaired) electrons. The Labute approximate surface area is 152 Å². The van der Waals surface area contributed by atoms with Gasteiger partial charge < -0.3 is 31.3 Å². The Morgan fingerprint density at radius 3 is 1.67 bits per heavy atom. The summed E-state index contributed by atoms with van der Waals surface area (Å²) in [5, 5.41) is 45.5. The molecule has 0 aliphatic carbocycles. The summed E-state index contributed by atoms with van der Waals surface area (Å²) in [7, 11) is 0. The van der Waals surface area contributed by atoms with E-state index in [0.717, 1.165) is 4.90 Å². The van der Waals surface area contributed by atoms with E-state index in [1.54, 1.807) is 0 Å². The third kappa shape index (κ3) is 8.24. The zero-order chi connectivity index (χ0) is 21.2. The Bertz CT molecular complexity index is 615. The van der Waals surface area contributed by atoms with Gasteiger partial charge in [-0.15, -0.1) is 0 Å². The molecule has 13 heteroatoms. The first-order valence-corrected chi connectivity index (χ1v) is 7.52. The third-order valence-electron chi connectivity index (χ3n) is 3.48. The minimum absolute atomic E-state index is 0.201. The molecule has 0 heterocycles. The second kappa shape index (κ2) is 10.8. The molecule has 0 aromatic carbocycles. The van der Waals surface area contributed by atoms with Crippen LogP contribution in [0, 0.1) is 0 Å². The average Bonchev–Trinajstić information content (AvgIpc) is 2.48. The molecular formula is C14H21N3O10. The van der Waals surface area contributed by atoms with Crippen LogP contribution in [0.25, 0.3) is 0 Å². The molecule has 0 rings (SSSR count). The molecule has 0 fully saturated rings. The van der Waals surface area contributed by atoms with Crippen LogP contribution in [-0.4, -0.2) is 97.7 Å². The second-order valence-corrected chi connectivity index (χ2v) is 5.50. The lowest BCUT2D eigenvalue weighted by molar-refractivity contribution is -0.147. The molecule has 0 spiro atoms. The van der Waals surface area contributed by atoms with Gasteiger partial charge in [-0.2, -0.15) is 0 Å². The lowest BCUT2D eigenvalue weighted by Gasteiger charge is -2.42. The van der Waals surface area contributed by atoms with E-state index in [0.29, 0.717) is 0 Å². The zero-order valence-electron chi connectivity index (χ0n) is 14.2. The Balaban J connectivity index is 6.63. The summed E-state index contributed by atoms with van der Waals surface area (Å²) in [5.74, 6) is -7.56. The van der Waals surface area contributed by atoms with Crippen molar-refractivity contribution in [2.75, 3.05) is 26.2 Å². The Morgan fingerprint density at radius 1 is 0.815 bits per heavy atom. The van der Waals surface area contributed by atoms with E-state index in [4.69, 9.17) is 21.1 Å². The zero-order valence-corrected chi connectivity index (χ0v) is 14.2. The SMILES string of the molecule is NCCN(CC(=O)O)C(CC(=O)O)(CC(=O)O)C(CC(=O)O)=NCC(=O)O. The van der Waals surface area contributed by atoms with Gasteiger partial charge in [0.2, 0.25) is 0 Å². The first-order valence-electron chi connectivity index (χ1n) is 7.52. The van der Waals surface area contributed by atoms with Gasteiger partial charge in [0, 0.05) is 18.8 Å². The highest BCUT2D eigenvalue weighted by molar-refractivity contribution is 6.07. The van der Waals surface area contributed by atoms with Gasteiger partial charge in [0.25, 0.3) is 0 Å². The summed E-state index contributed by atoms with van der Waals surface area (Å²) < 4.78 is 0. The van der Waals surface area contributed by atoms with E-state index in [-0.39, 0.29) is 13.1 Å². The maximum absolute atomic E-state index is 11.4. The molecule has 0 aromatic heterocycles. The van der Waals surface area contributed by atoms with Crippen LogP contribution >= 0.6 is 0 Å². The normalized spacial score (nSPS) is 12.0. The van der Waals surface area contributed by atoms with E-state index in [9.17, 15) is 34.2 Å². The first-order chi connectivity index (χ1) is 12.4. The monoisotopic (exact) mass is 391 g/mol. The summed E-state index contributed by atoms with van der Waals surface area (Å²) in [6.07, 6.45) is -3.01. The molecule has 0 aliphatic heterocycles. The smallest absolute Gasteiger partial charge is 0.325 e. The number of rotatable bonds is 14. The summed E-state index contributed by atoms with van der Waals surface area (Å²) in [4.78, 5) is 60.5. The molecule has 0 saturated heterocycles. The molecule has 0 bridgehead atoms. The molecule has 0 atom stereocenters. The average molecular weight is 391 g/mol. The quantitative estimate of drug-likeness (QED) is 0.177. The van der Waals surface area contributed by atoms with E-state index >= 15 is 0 Å². The number of hydrogen-bond acceptors (Lipinski definition) is 8. The fourth-order valence-corrected chi connectivity index (χ4v) is 2.61. The van der Waals surface area contributed by atoms with Gasteiger partial charge in [0.15, 0.2) is 0 Å².